The van der Waals surface area contributed by atoms with Crippen LogP contribution >= 0.6 is 0 Å². The Bertz CT molecular complexity index is 579. The van der Waals surface area contributed by atoms with E-state index in [4.69, 9.17) is 10.5 Å². The molecule has 0 amide bonds. The number of pyridine rings is 1. The van der Waals surface area contributed by atoms with E-state index < -0.39 is 0 Å². The third-order valence-electron chi connectivity index (χ3n) is 3.87. The molecule has 1 fully saturated rings. The van der Waals surface area contributed by atoms with Crippen molar-refractivity contribution in [2.45, 2.75) is 31.8 Å². The highest BCUT2D eigenvalue weighted by molar-refractivity contribution is 5.98. The number of ether oxygens (including phenoxy) is 1. The summed E-state index contributed by atoms with van der Waals surface area (Å²) in [7, 11) is 0. The number of benzene rings is 1. The molecule has 1 aromatic heterocycles. The van der Waals surface area contributed by atoms with E-state index >= 15 is 0 Å². The number of nitrogens with one attached hydrogen (secondary N) is 1. The lowest BCUT2D eigenvalue weighted by molar-refractivity contribution is 0.0659. The molecular weight excluding hydrogens is 250 g/mol. The monoisotopic (exact) mass is 271 g/mol. The van der Waals surface area contributed by atoms with Crippen LogP contribution in [0.5, 0.6) is 0 Å². The normalized spacial score (nSPS) is 15.8. The van der Waals surface area contributed by atoms with E-state index in [9.17, 15) is 0 Å². The number of aromatic nitrogens is 1. The van der Waals surface area contributed by atoms with Crippen LogP contribution in [0.25, 0.3) is 10.9 Å². The summed E-state index contributed by atoms with van der Waals surface area (Å²) in [6.45, 7) is 1.56. The molecule has 0 saturated heterocycles. The van der Waals surface area contributed by atoms with Gasteiger partial charge in [0.2, 0.25) is 0 Å². The topological polar surface area (TPSA) is 60.2 Å². The van der Waals surface area contributed by atoms with Crippen molar-refractivity contribution >= 4 is 22.3 Å². The Morgan fingerprint density at radius 2 is 2.10 bits per heavy atom. The van der Waals surface area contributed by atoms with E-state index in [2.05, 4.69) is 10.3 Å². The largest absolute Gasteiger partial charge is 0.397 e. The SMILES string of the molecule is Nc1ccc(NCCOC2CCCC2)c2cccnc12. The highest BCUT2D eigenvalue weighted by Crippen LogP contribution is 2.26. The number of fused-ring (bicyclic) bond motifs is 1. The van der Waals surface area contributed by atoms with Crippen molar-refractivity contribution in [3.63, 3.8) is 0 Å². The molecule has 106 valence electrons. The lowest BCUT2D eigenvalue weighted by Gasteiger charge is -2.13. The third kappa shape index (κ3) is 2.85. The fourth-order valence-corrected chi connectivity index (χ4v) is 2.81. The predicted molar refractivity (Wildman–Crippen MR) is 82.9 cm³/mol. The van der Waals surface area contributed by atoms with Crippen molar-refractivity contribution in [1.29, 1.82) is 0 Å². The molecule has 2 aromatic rings. The number of nitrogens with two attached hydrogens (primary N) is 1. The van der Waals surface area contributed by atoms with Crippen molar-refractivity contribution < 1.29 is 4.74 Å². The molecule has 0 atom stereocenters. The van der Waals surface area contributed by atoms with Gasteiger partial charge in [0.15, 0.2) is 0 Å². The van der Waals surface area contributed by atoms with E-state index in [0.717, 1.165) is 29.7 Å². The second kappa shape index (κ2) is 6.09. The van der Waals surface area contributed by atoms with Gasteiger partial charge in [0.05, 0.1) is 23.9 Å². The molecule has 20 heavy (non-hydrogen) atoms. The molecule has 4 heteroatoms. The number of anilines is 2. The van der Waals surface area contributed by atoms with Crippen LogP contribution in [-0.4, -0.2) is 24.2 Å². The molecule has 1 aromatic carbocycles. The predicted octanol–water partition coefficient (Wildman–Crippen LogP) is 3.19. The minimum absolute atomic E-state index is 0.474. The first-order valence-electron chi connectivity index (χ1n) is 7.33. The molecule has 3 rings (SSSR count). The summed E-state index contributed by atoms with van der Waals surface area (Å²) in [5, 5.41) is 4.48. The first-order valence-corrected chi connectivity index (χ1v) is 7.33. The van der Waals surface area contributed by atoms with Gasteiger partial charge in [-0.15, -0.1) is 0 Å². The van der Waals surface area contributed by atoms with E-state index in [-0.39, 0.29) is 0 Å². The van der Waals surface area contributed by atoms with Crippen LogP contribution in [0.1, 0.15) is 25.7 Å². The molecule has 0 unspecified atom stereocenters. The zero-order chi connectivity index (χ0) is 13.8. The zero-order valence-corrected chi connectivity index (χ0v) is 11.6. The number of rotatable bonds is 5. The van der Waals surface area contributed by atoms with Crippen LogP contribution < -0.4 is 11.1 Å². The standard InChI is InChI=1S/C16H21N3O/c17-14-7-8-15(13-6-3-9-19-16(13)14)18-10-11-20-12-4-1-2-5-12/h3,6-9,12,18H,1-2,4-5,10-11,17H2. The highest BCUT2D eigenvalue weighted by atomic mass is 16.5. The van der Waals surface area contributed by atoms with Crippen molar-refractivity contribution in [2.75, 3.05) is 24.2 Å². The molecule has 0 aliphatic heterocycles. The molecular formula is C16H21N3O. The van der Waals surface area contributed by atoms with Gasteiger partial charge in [-0.05, 0) is 37.1 Å². The lowest BCUT2D eigenvalue weighted by Crippen LogP contribution is -2.15. The van der Waals surface area contributed by atoms with Gasteiger partial charge in [-0.1, -0.05) is 12.8 Å². The number of hydrogen-bond acceptors (Lipinski definition) is 4. The Labute approximate surface area is 119 Å². The van der Waals surface area contributed by atoms with Crippen LogP contribution in [0.15, 0.2) is 30.5 Å². The highest BCUT2D eigenvalue weighted by Gasteiger charge is 2.14. The van der Waals surface area contributed by atoms with Gasteiger partial charge < -0.3 is 15.8 Å². The van der Waals surface area contributed by atoms with E-state index in [1.54, 1.807) is 6.20 Å². The molecule has 0 bridgehead atoms. The van der Waals surface area contributed by atoms with Gasteiger partial charge in [0, 0.05) is 23.8 Å². The Kier molecular flexibility index (Phi) is 4.02. The van der Waals surface area contributed by atoms with Gasteiger partial charge in [-0.2, -0.15) is 0 Å². The Balaban J connectivity index is 1.61. The van der Waals surface area contributed by atoms with Crippen LogP contribution in [-0.2, 0) is 4.74 Å². The van der Waals surface area contributed by atoms with Gasteiger partial charge in [0.1, 0.15) is 0 Å². The molecule has 4 nitrogen and oxygen atoms in total. The summed E-state index contributed by atoms with van der Waals surface area (Å²) < 4.78 is 5.86. The Hall–Kier alpha value is -1.81. The van der Waals surface area contributed by atoms with Crippen molar-refractivity contribution in [3.8, 4) is 0 Å². The van der Waals surface area contributed by atoms with Crippen molar-refractivity contribution in [2.24, 2.45) is 0 Å². The molecule has 1 aliphatic carbocycles. The summed E-state index contributed by atoms with van der Waals surface area (Å²) >= 11 is 0. The molecule has 0 radical (unpaired) electrons. The van der Waals surface area contributed by atoms with Gasteiger partial charge >= 0.3 is 0 Å². The fourth-order valence-electron chi connectivity index (χ4n) is 2.81. The molecule has 0 spiro atoms. The van der Waals surface area contributed by atoms with Crippen LogP contribution in [0.2, 0.25) is 0 Å². The molecule has 1 saturated carbocycles. The summed E-state index contributed by atoms with van der Waals surface area (Å²) in [6.07, 6.45) is 7.30. The number of nitrogen functional groups attached to an aromatic ring is 1. The maximum atomic E-state index is 5.95. The Morgan fingerprint density at radius 3 is 2.95 bits per heavy atom. The van der Waals surface area contributed by atoms with Crippen molar-refractivity contribution in [3.05, 3.63) is 30.5 Å². The molecule has 1 heterocycles. The van der Waals surface area contributed by atoms with Crippen molar-refractivity contribution in [1.82, 2.24) is 4.98 Å². The summed E-state index contributed by atoms with van der Waals surface area (Å²) in [6, 6.07) is 7.88. The van der Waals surface area contributed by atoms with Gasteiger partial charge in [-0.3, -0.25) is 4.98 Å². The first-order chi connectivity index (χ1) is 9.84. The van der Waals surface area contributed by atoms with Gasteiger partial charge in [0.25, 0.3) is 0 Å². The maximum Gasteiger partial charge on any atom is 0.0951 e. The van der Waals surface area contributed by atoms with Crippen LogP contribution in [0.3, 0.4) is 0 Å². The number of nitrogens with zero attached hydrogens (tertiary/aromatic N) is 1. The van der Waals surface area contributed by atoms with Gasteiger partial charge in [-0.25, -0.2) is 0 Å². The summed E-state index contributed by atoms with van der Waals surface area (Å²) in [5.41, 5.74) is 8.59. The molecule has 1 aliphatic rings. The molecule has 3 N–H and O–H groups in total. The summed E-state index contributed by atoms with van der Waals surface area (Å²) in [5.74, 6) is 0. The fraction of sp³-hybridized carbons (Fsp3) is 0.438. The smallest absolute Gasteiger partial charge is 0.0951 e. The number of hydrogen-bond donors (Lipinski definition) is 2. The Morgan fingerprint density at radius 1 is 1.25 bits per heavy atom. The zero-order valence-electron chi connectivity index (χ0n) is 11.6. The lowest BCUT2D eigenvalue weighted by atomic mass is 10.1. The summed E-state index contributed by atoms with van der Waals surface area (Å²) in [4.78, 5) is 4.34. The van der Waals surface area contributed by atoms with E-state index in [1.165, 1.54) is 25.7 Å². The van der Waals surface area contributed by atoms with Crippen LogP contribution in [0, 0.1) is 0 Å². The van der Waals surface area contributed by atoms with Crippen LogP contribution in [0.4, 0.5) is 11.4 Å². The third-order valence-corrected chi connectivity index (χ3v) is 3.87. The first kappa shape index (κ1) is 13.2. The minimum Gasteiger partial charge on any atom is -0.397 e. The quantitative estimate of drug-likeness (QED) is 0.647. The maximum absolute atomic E-state index is 5.95. The van der Waals surface area contributed by atoms with E-state index in [1.807, 2.05) is 24.3 Å². The second-order valence-corrected chi connectivity index (χ2v) is 5.31. The average molecular weight is 271 g/mol. The van der Waals surface area contributed by atoms with E-state index in [0.29, 0.717) is 11.8 Å². The minimum atomic E-state index is 0.474. The average Bonchev–Trinajstić information content (AvgIpc) is 2.99. The second-order valence-electron chi connectivity index (χ2n) is 5.31.